The third-order valence-electron chi connectivity index (χ3n) is 2.66. The number of hydrogen-bond donors (Lipinski definition) is 2. The number of aromatic nitrogens is 2. The van der Waals surface area contributed by atoms with E-state index in [0.29, 0.717) is 5.69 Å². The van der Waals surface area contributed by atoms with E-state index in [0.717, 1.165) is 5.56 Å². The molecule has 0 amide bonds. The molecule has 0 atom stereocenters. The summed E-state index contributed by atoms with van der Waals surface area (Å²) in [5.41, 5.74) is 1.33. The van der Waals surface area contributed by atoms with E-state index in [1.54, 1.807) is 0 Å². The van der Waals surface area contributed by atoms with E-state index in [2.05, 4.69) is 5.10 Å². The van der Waals surface area contributed by atoms with Gasteiger partial charge in [0.25, 0.3) is 15.7 Å². The van der Waals surface area contributed by atoms with Crippen LogP contribution in [0.1, 0.15) is 6.42 Å². The lowest BCUT2D eigenvalue weighted by atomic mass is 10.2. The number of hydrogen-bond acceptors (Lipinski definition) is 3. The van der Waals surface area contributed by atoms with Crippen molar-refractivity contribution in [3.05, 3.63) is 46.8 Å². The van der Waals surface area contributed by atoms with Crippen molar-refractivity contribution in [1.29, 1.82) is 0 Å². The van der Waals surface area contributed by atoms with Crippen molar-refractivity contribution >= 4 is 10.1 Å². The lowest BCUT2D eigenvalue weighted by molar-refractivity contribution is 0.475. The molecule has 0 spiro atoms. The van der Waals surface area contributed by atoms with Crippen molar-refractivity contribution in [1.82, 2.24) is 9.78 Å². The number of nitrogens with zero attached hydrogens (tertiary/aromatic N) is 1. The fourth-order valence-electron chi connectivity index (χ4n) is 1.77. The molecular weight excluding hydrogens is 268 g/mol. The molecule has 6 nitrogen and oxygen atoms in total. The minimum Gasteiger partial charge on any atom is -0.295 e. The summed E-state index contributed by atoms with van der Waals surface area (Å²) in [6.45, 7) is 0.214. The Morgan fingerprint density at radius 3 is 2.53 bits per heavy atom. The highest BCUT2D eigenvalue weighted by Gasteiger charge is 2.07. The maximum absolute atomic E-state index is 11.7. The van der Waals surface area contributed by atoms with Gasteiger partial charge in [-0.1, -0.05) is 30.3 Å². The van der Waals surface area contributed by atoms with Gasteiger partial charge in [-0.05, 0) is 12.0 Å². The normalized spacial score (nSPS) is 11.6. The predicted molar refractivity (Wildman–Crippen MR) is 71.5 cm³/mol. The maximum atomic E-state index is 11.7. The first-order valence-corrected chi connectivity index (χ1v) is 7.37. The first-order chi connectivity index (χ1) is 8.96. The summed E-state index contributed by atoms with van der Waals surface area (Å²) in [6.07, 6.45) is 0.174. The molecule has 0 aliphatic rings. The smallest absolute Gasteiger partial charge is 0.267 e. The van der Waals surface area contributed by atoms with Gasteiger partial charge < -0.3 is 0 Å². The van der Waals surface area contributed by atoms with E-state index in [9.17, 15) is 13.2 Å². The Kier molecular flexibility index (Phi) is 3.87. The number of rotatable bonds is 5. The fraction of sp³-hybridized carbons (Fsp3) is 0.250. The Morgan fingerprint density at radius 1 is 1.21 bits per heavy atom. The van der Waals surface area contributed by atoms with Crippen LogP contribution in [0.15, 0.2) is 41.2 Å². The molecule has 2 aromatic rings. The molecule has 1 aromatic carbocycles. The van der Waals surface area contributed by atoms with Crippen LogP contribution in [0.5, 0.6) is 0 Å². The third-order valence-corrected chi connectivity index (χ3v) is 3.46. The summed E-state index contributed by atoms with van der Waals surface area (Å²) < 4.78 is 31.1. The molecule has 0 fully saturated rings. The monoisotopic (exact) mass is 282 g/mol. The molecule has 0 aliphatic carbocycles. The van der Waals surface area contributed by atoms with E-state index in [4.69, 9.17) is 4.55 Å². The fourth-order valence-corrected chi connectivity index (χ4v) is 2.26. The zero-order valence-corrected chi connectivity index (χ0v) is 10.9. The molecule has 7 heteroatoms. The van der Waals surface area contributed by atoms with Crippen LogP contribution < -0.4 is 5.56 Å². The Balaban J connectivity index is 2.12. The van der Waals surface area contributed by atoms with Gasteiger partial charge in [-0.2, -0.15) is 8.42 Å². The maximum Gasteiger partial charge on any atom is 0.267 e. The predicted octanol–water partition coefficient (Wildman–Crippen LogP) is 1.12. The standard InChI is InChI=1S/C12H14N2O4S/c15-12-9-11(10-5-2-1-3-6-10)13-14(12)7-4-8-19(16,17)18/h1-3,5-6,9,13H,4,7-8H2,(H,16,17,18). The quantitative estimate of drug-likeness (QED) is 0.804. The number of aryl methyl sites for hydroxylation is 1. The van der Waals surface area contributed by atoms with E-state index in [1.165, 1.54) is 10.7 Å². The Bertz CT molecular complexity index is 701. The summed E-state index contributed by atoms with van der Waals surface area (Å²) in [4.78, 5) is 11.7. The lowest BCUT2D eigenvalue weighted by Crippen LogP contribution is -2.18. The molecule has 2 N–H and O–H groups in total. The zero-order valence-electron chi connectivity index (χ0n) is 10.1. The second-order valence-corrected chi connectivity index (χ2v) is 5.74. The molecular formula is C12H14N2O4S. The highest BCUT2D eigenvalue weighted by atomic mass is 32.2. The highest BCUT2D eigenvalue weighted by molar-refractivity contribution is 7.85. The van der Waals surface area contributed by atoms with Crippen molar-refractivity contribution in [3.63, 3.8) is 0 Å². The number of nitrogens with one attached hydrogen (secondary N) is 1. The van der Waals surface area contributed by atoms with Gasteiger partial charge in [0.05, 0.1) is 11.4 Å². The van der Waals surface area contributed by atoms with Crippen LogP contribution in [0.3, 0.4) is 0 Å². The van der Waals surface area contributed by atoms with Gasteiger partial charge >= 0.3 is 0 Å². The summed E-state index contributed by atoms with van der Waals surface area (Å²) >= 11 is 0. The van der Waals surface area contributed by atoms with E-state index in [-0.39, 0.29) is 24.3 Å². The van der Waals surface area contributed by atoms with Crippen LogP contribution >= 0.6 is 0 Å². The number of benzene rings is 1. The van der Waals surface area contributed by atoms with Crippen molar-refractivity contribution in [2.45, 2.75) is 13.0 Å². The molecule has 0 unspecified atom stereocenters. The van der Waals surface area contributed by atoms with Crippen molar-refractivity contribution in [2.24, 2.45) is 0 Å². The number of aromatic amines is 1. The largest absolute Gasteiger partial charge is 0.295 e. The minimum atomic E-state index is -3.98. The van der Waals surface area contributed by atoms with Gasteiger partial charge in [0.15, 0.2) is 0 Å². The van der Waals surface area contributed by atoms with Crippen molar-refractivity contribution in [3.8, 4) is 11.3 Å². The highest BCUT2D eigenvalue weighted by Crippen LogP contribution is 2.13. The molecule has 102 valence electrons. The van der Waals surface area contributed by atoms with E-state index in [1.807, 2.05) is 30.3 Å². The van der Waals surface area contributed by atoms with Gasteiger partial charge in [-0.15, -0.1) is 0 Å². The van der Waals surface area contributed by atoms with Gasteiger partial charge in [0.2, 0.25) is 0 Å². The van der Waals surface area contributed by atoms with Crippen LogP contribution in [-0.2, 0) is 16.7 Å². The van der Waals surface area contributed by atoms with Crippen LogP contribution in [-0.4, -0.2) is 28.5 Å². The molecule has 0 bridgehead atoms. The average molecular weight is 282 g/mol. The summed E-state index contributed by atoms with van der Waals surface area (Å²) in [5.74, 6) is -0.362. The molecule has 2 rings (SSSR count). The summed E-state index contributed by atoms with van der Waals surface area (Å²) in [6, 6.07) is 10.8. The topological polar surface area (TPSA) is 92.2 Å². The van der Waals surface area contributed by atoms with Gasteiger partial charge in [0.1, 0.15) is 0 Å². The van der Waals surface area contributed by atoms with Gasteiger partial charge in [-0.3, -0.25) is 19.1 Å². The van der Waals surface area contributed by atoms with Gasteiger partial charge in [0, 0.05) is 12.6 Å². The van der Waals surface area contributed by atoms with Crippen LogP contribution in [0, 0.1) is 0 Å². The van der Waals surface area contributed by atoms with Crippen LogP contribution in [0.25, 0.3) is 11.3 Å². The Labute approximate surface area is 110 Å². The van der Waals surface area contributed by atoms with Gasteiger partial charge in [-0.25, -0.2) is 0 Å². The first-order valence-electron chi connectivity index (χ1n) is 5.76. The SMILES string of the molecule is O=c1cc(-c2ccccc2)[nH]n1CCCS(=O)(=O)O. The molecule has 1 heterocycles. The lowest BCUT2D eigenvalue weighted by Gasteiger charge is -2.01. The Morgan fingerprint density at radius 2 is 1.89 bits per heavy atom. The van der Waals surface area contributed by atoms with Crippen LogP contribution in [0.4, 0.5) is 0 Å². The third kappa shape index (κ3) is 3.80. The first kappa shape index (κ1) is 13.6. The second-order valence-electron chi connectivity index (χ2n) is 4.17. The summed E-state index contributed by atoms with van der Waals surface area (Å²) in [5, 5.41) is 2.91. The van der Waals surface area contributed by atoms with E-state index < -0.39 is 10.1 Å². The summed E-state index contributed by atoms with van der Waals surface area (Å²) in [7, 11) is -3.98. The molecule has 1 aromatic heterocycles. The average Bonchev–Trinajstić information content (AvgIpc) is 2.71. The molecule has 0 aliphatic heterocycles. The van der Waals surface area contributed by atoms with Crippen LogP contribution in [0.2, 0.25) is 0 Å². The zero-order chi connectivity index (χ0) is 13.9. The molecule has 19 heavy (non-hydrogen) atoms. The molecule has 0 radical (unpaired) electrons. The number of H-pyrrole nitrogens is 1. The molecule has 0 saturated carbocycles. The molecule has 0 saturated heterocycles. The van der Waals surface area contributed by atoms with Crippen molar-refractivity contribution in [2.75, 3.05) is 5.75 Å². The van der Waals surface area contributed by atoms with E-state index >= 15 is 0 Å². The van der Waals surface area contributed by atoms with Crippen molar-refractivity contribution < 1.29 is 13.0 Å². The minimum absolute atomic E-state index is 0.174. The Hall–Kier alpha value is -1.86. The second kappa shape index (κ2) is 5.41.